The summed E-state index contributed by atoms with van der Waals surface area (Å²) in [7, 11) is 0. The molecule has 0 spiro atoms. The van der Waals surface area contributed by atoms with Gasteiger partial charge in [-0.3, -0.25) is 4.79 Å². The molecule has 0 heterocycles. The van der Waals surface area contributed by atoms with Gasteiger partial charge in [-0.1, -0.05) is 52.0 Å². The Morgan fingerprint density at radius 3 is 2.26 bits per heavy atom. The topological polar surface area (TPSA) is 29.1 Å². The van der Waals surface area contributed by atoms with Gasteiger partial charge < -0.3 is 5.32 Å². The second-order valence-corrected chi connectivity index (χ2v) is 6.32. The second-order valence-electron chi connectivity index (χ2n) is 6.32. The average Bonchev–Trinajstić information content (AvgIpc) is 2.35. The summed E-state index contributed by atoms with van der Waals surface area (Å²) in [4.78, 5) is 11.7. The van der Waals surface area contributed by atoms with E-state index in [1.807, 2.05) is 6.92 Å². The van der Waals surface area contributed by atoms with Crippen molar-refractivity contribution in [2.24, 2.45) is 0 Å². The zero-order valence-corrected chi connectivity index (χ0v) is 12.9. The highest BCUT2D eigenvalue weighted by Gasteiger charge is 2.13. The molecule has 0 aromatic heterocycles. The molecule has 0 radical (unpaired) electrons. The van der Waals surface area contributed by atoms with Crippen LogP contribution >= 0.6 is 0 Å². The Bertz CT molecular complexity index is 400. The largest absolute Gasteiger partial charge is 0.354 e. The highest BCUT2D eigenvalue weighted by Crippen LogP contribution is 2.22. The molecule has 0 saturated carbocycles. The number of rotatable bonds is 5. The van der Waals surface area contributed by atoms with Crippen LogP contribution in [0.2, 0.25) is 0 Å². The van der Waals surface area contributed by atoms with Crippen LogP contribution in [0.15, 0.2) is 24.3 Å². The minimum Gasteiger partial charge on any atom is -0.354 e. The van der Waals surface area contributed by atoms with Crippen molar-refractivity contribution in [3.63, 3.8) is 0 Å². The van der Waals surface area contributed by atoms with Crippen molar-refractivity contribution in [3.05, 3.63) is 35.4 Å². The summed E-state index contributed by atoms with van der Waals surface area (Å²) in [6.07, 6.45) is 2.36. The first-order valence-electron chi connectivity index (χ1n) is 7.21. The maximum Gasteiger partial charge on any atom is 0.220 e. The van der Waals surface area contributed by atoms with Gasteiger partial charge in [0.05, 0.1) is 0 Å². The van der Waals surface area contributed by atoms with E-state index in [-0.39, 0.29) is 17.4 Å². The number of hydrogen-bond donors (Lipinski definition) is 1. The molecule has 1 N–H and O–H groups in total. The highest BCUT2D eigenvalue weighted by atomic mass is 16.1. The first kappa shape index (κ1) is 15.7. The molecule has 0 aliphatic heterocycles. The molecule has 1 aromatic rings. The Kier molecular flexibility index (Phi) is 5.59. The Labute approximate surface area is 117 Å². The van der Waals surface area contributed by atoms with Crippen LogP contribution in [0.1, 0.15) is 58.6 Å². The second kappa shape index (κ2) is 6.74. The van der Waals surface area contributed by atoms with Crippen molar-refractivity contribution >= 4 is 5.91 Å². The van der Waals surface area contributed by atoms with E-state index in [4.69, 9.17) is 0 Å². The summed E-state index contributed by atoms with van der Waals surface area (Å²) in [5, 5.41) is 3.00. The van der Waals surface area contributed by atoms with Gasteiger partial charge in [0.25, 0.3) is 0 Å². The van der Waals surface area contributed by atoms with Crippen LogP contribution in [-0.4, -0.2) is 11.9 Å². The molecular formula is C17H27NO. The van der Waals surface area contributed by atoms with E-state index in [0.717, 1.165) is 12.8 Å². The first-order chi connectivity index (χ1) is 8.82. The summed E-state index contributed by atoms with van der Waals surface area (Å²) in [6, 6.07) is 8.88. The van der Waals surface area contributed by atoms with Crippen molar-refractivity contribution in [2.75, 3.05) is 0 Å². The zero-order valence-electron chi connectivity index (χ0n) is 12.9. The van der Waals surface area contributed by atoms with Crippen LogP contribution in [0.4, 0.5) is 0 Å². The van der Waals surface area contributed by atoms with Gasteiger partial charge in [-0.25, -0.2) is 0 Å². The average molecular weight is 261 g/mol. The lowest BCUT2D eigenvalue weighted by Crippen LogP contribution is -2.32. The lowest BCUT2D eigenvalue weighted by Gasteiger charge is -2.19. The van der Waals surface area contributed by atoms with Crippen molar-refractivity contribution in [3.8, 4) is 0 Å². The lowest BCUT2D eigenvalue weighted by molar-refractivity contribution is -0.121. The Morgan fingerprint density at radius 2 is 1.79 bits per heavy atom. The summed E-state index contributed by atoms with van der Waals surface area (Å²) in [5.74, 6) is 0.147. The number of aryl methyl sites for hydroxylation is 1. The minimum atomic E-state index is 0.147. The highest BCUT2D eigenvalue weighted by molar-refractivity contribution is 5.76. The number of carbonyl (C=O) groups is 1. The molecule has 0 aliphatic rings. The molecule has 0 fully saturated rings. The quantitative estimate of drug-likeness (QED) is 0.857. The fraction of sp³-hybridized carbons (Fsp3) is 0.588. The van der Waals surface area contributed by atoms with E-state index < -0.39 is 0 Å². The molecule has 106 valence electrons. The first-order valence-corrected chi connectivity index (χ1v) is 7.21. The Morgan fingerprint density at radius 1 is 1.21 bits per heavy atom. The van der Waals surface area contributed by atoms with E-state index in [1.165, 1.54) is 11.1 Å². The summed E-state index contributed by atoms with van der Waals surface area (Å²) >= 11 is 0. The maximum absolute atomic E-state index is 11.7. The van der Waals surface area contributed by atoms with Crippen LogP contribution < -0.4 is 5.32 Å². The summed E-state index contributed by atoms with van der Waals surface area (Å²) in [5.41, 5.74) is 2.75. The number of benzene rings is 1. The van der Waals surface area contributed by atoms with Gasteiger partial charge >= 0.3 is 0 Å². The molecule has 2 heteroatoms. The van der Waals surface area contributed by atoms with E-state index in [2.05, 4.69) is 57.3 Å². The maximum atomic E-state index is 11.7. The molecule has 1 aromatic carbocycles. The lowest BCUT2D eigenvalue weighted by atomic mass is 9.86. The zero-order chi connectivity index (χ0) is 14.5. The number of carbonyl (C=O) groups excluding carboxylic acids is 1. The molecule has 0 bridgehead atoms. The third-order valence-corrected chi connectivity index (χ3v) is 3.48. The molecular weight excluding hydrogens is 234 g/mol. The van der Waals surface area contributed by atoms with Crippen molar-refractivity contribution < 1.29 is 4.79 Å². The predicted octanol–water partition coefficient (Wildman–Crippen LogP) is 3.83. The monoisotopic (exact) mass is 261 g/mol. The molecule has 2 nitrogen and oxygen atoms in total. The molecule has 1 amide bonds. The fourth-order valence-corrected chi connectivity index (χ4v) is 1.88. The van der Waals surface area contributed by atoms with Gasteiger partial charge in [0, 0.05) is 12.5 Å². The number of nitrogens with one attached hydrogen (secondary N) is 1. The summed E-state index contributed by atoms with van der Waals surface area (Å²) < 4.78 is 0. The molecule has 0 saturated heterocycles. The predicted molar refractivity (Wildman–Crippen MR) is 81.4 cm³/mol. The van der Waals surface area contributed by atoms with Gasteiger partial charge in [0.2, 0.25) is 5.91 Å². The molecule has 1 rings (SSSR count). The third-order valence-electron chi connectivity index (χ3n) is 3.48. The van der Waals surface area contributed by atoms with E-state index in [0.29, 0.717) is 6.42 Å². The molecule has 1 atom stereocenters. The van der Waals surface area contributed by atoms with Crippen molar-refractivity contribution in [1.29, 1.82) is 0 Å². The van der Waals surface area contributed by atoms with Crippen LogP contribution in [0, 0.1) is 0 Å². The Hall–Kier alpha value is -1.31. The van der Waals surface area contributed by atoms with Gasteiger partial charge in [0.15, 0.2) is 0 Å². The van der Waals surface area contributed by atoms with Gasteiger partial charge in [-0.15, -0.1) is 0 Å². The van der Waals surface area contributed by atoms with Crippen molar-refractivity contribution in [2.45, 2.75) is 65.3 Å². The standard InChI is InChI=1S/C17H27NO/c1-6-13(2)18-16(19)12-9-14-7-10-15(11-8-14)17(3,4)5/h7-8,10-11,13H,6,9,12H2,1-5H3,(H,18,19)/t13-/m0/s1. The van der Waals surface area contributed by atoms with E-state index in [1.54, 1.807) is 0 Å². The van der Waals surface area contributed by atoms with Gasteiger partial charge in [-0.2, -0.15) is 0 Å². The smallest absolute Gasteiger partial charge is 0.220 e. The normalized spacial score (nSPS) is 13.1. The van der Waals surface area contributed by atoms with Crippen LogP contribution in [0.3, 0.4) is 0 Å². The number of amides is 1. The Balaban J connectivity index is 2.48. The van der Waals surface area contributed by atoms with Crippen molar-refractivity contribution in [1.82, 2.24) is 5.32 Å². The SMILES string of the molecule is CC[C@H](C)NC(=O)CCc1ccc(C(C)(C)C)cc1. The minimum absolute atomic E-state index is 0.147. The summed E-state index contributed by atoms with van der Waals surface area (Å²) in [6.45, 7) is 10.7. The van der Waals surface area contributed by atoms with Crippen LogP contribution in [0.5, 0.6) is 0 Å². The number of hydrogen-bond acceptors (Lipinski definition) is 1. The molecule has 19 heavy (non-hydrogen) atoms. The molecule has 0 aliphatic carbocycles. The van der Waals surface area contributed by atoms with Gasteiger partial charge in [-0.05, 0) is 36.3 Å². The van der Waals surface area contributed by atoms with E-state index >= 15 is 0 Å². The third kappa shape index (κ3) is 5.46. The van der Waals surface area contributed by atoms with Gasteiger partial charge in [0.1, 0.15) is 0 Å². The molecule has 0 unspecified atom stereocenters. The fourth-order valence-electron chi connectivity index (χ4n) is 1.88. The van der Waals surface area contributed by atoms with Crippen LogP contribution in [-0.2, 0) is 16.6 Å². The van der Waals surface area contributed by atoms with Crippen LogP contribution in [0.25, 0.3) is 0 Å². The van der Waals surface area contributed by atoms with E-state index in [9.17, 15) is 4.79 Å².